The second kappa shape index (κ2) is 4.69. The van der Waals surface area contributed by atoms with Crippen molar-refractivity contribution in [1.29, 1.82) is 0 Å². The fourth-order valence-electron chi connectivity index (χ4n) is 2.71. The number of halogens is 1. The maximum absolute atomic E-state index is 11.7. The van der Waals surface area contributed by atoms with Gasteiger partial charge in [0.25, 0.3) is 0 Å². The van der Waals surface area contributed by atoms with Gasteiger partial charge < -0.3 is 10.8 Å². The molecule has 0 bridgehead atoms. The first-order chi connectivity index (χ1) is 8.08. The van der Waals surface area contributed by atoms with E-state index >= 15 is 0 Å². The quantitative estimate of drug-likeness (QED) is 0.823. The Labute approximate surface area is 109 Å². The maximum atomic E-state index is 11.7. The van der Waals surface area contributed by atoms with Crippen molar-refractivity contribution < 1.29 is 9.90 Å². The van der Waals surface area contributed by atoms with Gasteiger partial charge >= 0.3 is 5.97 Å². The predicted molar refractivity (Wildman–Crippen MR) is 71.0 cm³/mol. The van der Waals surface area contributed by atoms with E-state index in [1.165, 1.54) is 0 Å². The highest BCUT2D eigenvalue weighted by Gasteiger charge is 2.42. The van der Waals surface area contributed by atoms with Crippen LogP contribution in [-0.4, -0.2) is 11.1 Å². The number of anilines is 1. The minimum absolute atomic E-state index is 0.566. The molecule has 1 fully saturated rings. The second-order valence-corrected chi connectivity index (χ2v) is 5.50. The molecule has 92 valence electrons. The van der Waals surface area contributed by atoms with Crippen LogP contribution in [0.3, 0.4) is 0 Å². The highest BCUT2D eigenvalue weighted by Crippen LogP contribution is 2.43. The first-order valence-electron chi connectivity index (χ1n) is 5.86. The van der Waals surface area contributed by atoms with E-state index in [1.807, 2.05) is 18.2 Å². The average molecular weight is 298 g/mol. The van der Waals surface area contributed by atoms with Gasteiger partial charge in [0.15, 0.2) is 0 Å². The third-order valence-electron chi connectivity index (χ3n) is 3.68. The molecule has 17 heavy (non-hydrogen) atoms. The van der Waals surface area contributed by atoms with Crippen LogP contribution >= 0.6 is 15.9 Å². The Morgan fingerprint density at radius 1 is 1.29 bits per heavy atom. The minimum Gasteiger partial charge on any atom is -0.481 e. The van der Waals surface area contributed by atoms with Crippen LogP contribution in [0.2, 0.25) is 0 Å². The summed E-state index contributed by atoms with van der Waals surface area (Å²) >= 11 is 3.37. The van der Waals surface area contributed by atoms with Crippen LogP contribution in [0.5, 0.6) is 0 Å². The lowest BCUT2D eigenvalue weighted by Crippen LogP contribution is -2.38. The molecule has 1 aliphatic carbocycles. The van der Waals surface area contributed by atoms with Crippen molar-refractivity contribution in [2.45, 2.75) is 37.5 Å². The lowest BCUT2D eigenvalue weighted by Gasteiger charge is -2.34. The molecule has 1 saturated carbocycles. The molecule has 0 aromatic heterocycles. The third-order valence-corrected chi connectivity index (χ3v) is 4.38. The van der Waals surface area contributed by atoms with Gasteiger partial charge in [-0.1, -0.05) is 31.4 Å². The Bertz CT molecular complexity index is 439. The number of aliphatic carboxylic acids is 1. The van der Waals surface area contributed by atoms with Crippen LogP contribution in [-0.2, 0) is 10.2 Å². The number of hydrogen-bond acceptors (Lipinski definition) is 2. The van der Waals surface area contributed by atoms with Crippen LogP contribution in [0, 0.1) is 0 Å². The molecular weight excluding hydrogens is 282 g/mol. The van der Waals surface area contributed by atoms with Crippen molar-refractivity contribution >= 4 is 27.6 Å². The van der Waals surface area contributed by atoms with Gasteiger partial charge in [-0.25, -0.2) is 0 Å². The van der Waals surface area contributed by atoms with Crippen LogP contribution in [0.15, 0.2) is 22.7 Å². The Kier molecular flexibility index (Phi) is 3.43. The monoisotopic (exact) mass is 297 g/mol. The van der Waals surface area contributed by atoms with Crippen molar-refractivity contribution in [1.82, 2.24) is 0 Å². The SMILES string of the molecule is Nc1c(Br)cccc1C1(C(=O)O)CCCCC1. The van der Waals surface area contributed by atoms with Gasteiger partial charge in [-0.15, -0.1) is 0 Å². The number of carboxylic acid groups (broad SMARTS) is 1. The Balaban J connectivity index is 2.53. The molecule has 3 N–H and O–H groups in total. The zero-order valence-electron chi connectivity index (χ0n) is 9.58. The maximum Gasteiger partial charge on any atom is 0.314 e. The molecule has 1 aliphatic rings. The third kappa shape index (κ3) is 2.06. The molecule has 0 atom stereocenters. The summed E-state index contributed by atoms with van der Waals surface area (Å²) in [6.07, 6.45) is 4.39. The van der Waals surface area contributed by atoms with E-state index in [0.29, 0.717) is 18.5 Å². The number of carboxylic acids is 1. The van der Waals surface area contributed by atoms with E-state index in [0.717, 1.165) is 29.3 Å². The van der Waals surface area contributed by atoms with Crippen LogP contribution in [0.1, 0.15) is 37.7 Å². The van der Waals surface area contributed by atoms with Crippen LogP contribution in [0.4, 0.5) is 5.69 Å². The standard InChI is InChI=1S/C13H16BrNO2/c14-10-6-4-5-9(11(10)15)13(12(16)17)7-2-1-3-8-13/h4-6H,1-3,7-8,15H2,(H,16,17). The van der Waals surface area contributed by atoms with E-state index in [2.05, 4.69) is 15.9 Å². The zero-order valence-corrected chi connectivity index (χ0v) is 11.2. The first-order valence-corrected chi connectivity index (χ1v) is 6.65. The Morgan fingerprint density at radius 3 is 2.53 bits per heavy atom. The van der Waals surface area contributed by atoms with E-state index in [9.17, 15) is 9.90 Å². The summed E-state index contributed by atoms with van der Waals surface area (Å²) in [6.45, 7) is 0. The molecule has 0 unspecified atom stereocenters. The van der Waals surface area contributed by atoms with Gasteiger partial charge in [0.2, 0.25) is 0 Å². The fraction of sp³-hybridized carbons (Fsp3) is 0.462. The topological polar surface area (TPSA) is 63.3 Å². The summed E-state index contributed by atoms with van der Waals surface area (Å²) in [5.74, 6) is -0.748. The van der Waals surface area contributed by atoms with Crippen LogP contribution < -0.4 is 5.73 Å². The lowest BCUT2D eigenvalue weighted by molar-refractivity contribution is -0.145. The molecule has 0 saturated heterocycles. The first kappa shape index (κ1) is 12.4. The van der Waals surface area contributed by atoms with E-state index in [-0.39, 0.29) is 0 Å². The van der Waals surface area contributed by atoms with Gasteiger partial charge in [-0.3, -0.25) is 4.79 Å². The average Bonchev–Trinajstić information content (AvgIpc) is 2.33. The zero-order chi connectivity index (χ0) is 12.5. The summed E-state index contributed by atoms with van der Waals surface area (Å²) in [7, 11) is 0. The molecule has 2 rings (SSSR count). The summed E-state index contributed by atoms with van der Waals surface area (Å²) in [4.78, 5) is 11.7. The molecule has 0 radical (unpaired) electrons. The van der Waals surface area contributed by atoms with E-state index in [1.54, 1.807) is 0 Å². The Hall–Kier alpha value is -1.03. The van der Waals surface area contributed by atoms with Crippen molar-refractivity contribution in [2.75, 3.05) is 5.73 Å². The van der Waals surface area contributed by atoms with Gasteiger partial charge in [-0.05, 0) is 40.4 Å². The van der Waals surface area contributed by atoms with E-state index < -0.39 is 11.4 Å². The van der Waals surface area contributed by atoms with Crippen molar-refractivity contribution in [3.8, 4) is 0 Å². The number of nitrogen functional groups attached to an aromatic ring is 1. The number of carbonyl (C=O) groups is 1. The van der Waals surface area contributed by atoms with Gasteiger partial charge in [0, 0.05) is 4.47 Å². The van der Waals surface area contributed by atoms with Gasteiger partial charge in [0.05, 0.1) is 11.1 Å². The number of para-hydroxylation sites is 1. The summed E-state index contributed by atoms with van der Waals surface area (Å²) in [5.41, 5.74) is 6.57. The molecule has 0 amide bonds. The fourth-order valence-corrected chi connectivity index (χ4v) is 3.07. The van der Waals surface area contributed by atoms with Gasteiger partial charge in [0.1, 0.15) is 0 Å². The molecule has 1 aromatic rings. The normalized spacial score (nSPS) is 18.9. The summed E-state index contributed by atoms with van der Waals surface area (Å²) < 4.78 is 0.779. The molecule has 0 heterocycles. The number of rotatable bonds is 2. The summed E-state index contributed by atoms with van der Waals surface area (Å²) in [6, 6.07) is 5.55. The second-order valence-electron chi connectivity index (χ2n) is 4.65. The molecular formula is C13H16BrNO2. The van der Waals surface area contributed by atoms with Crippen molar-refractivity contribution in [2.24, 2.45) is 0 Å². The van der Waals surface area contributed by atoms with Gasteiger partial charge in [-0.2, -0.15) is 0 Å². The number of nitrogens with two attached hydrogens (primary N) is 1. The molecule has 4 heteroatoms. The minimum atomic E-state index is -0.786. The molecule has 0 aliphatic heterocycles. The molecule has 1 aromatic carbocycles. The largest absolute Gasteiger partial charge is 0.481 e. The predicted octanol–water partition coefficient (Wildman–Crippen LogP) is 3.32. The highest BCUT2D eigenvalue weighted by molar-refractivity contribution is 9.10. The highest BCUT2D eigenvalue weighted by atomic mass is 79.9. The molecule has 0 spiro atoms. The smallest absolute Gasteiger partial charge is 0.314 e. The van der Waals surface area contributed by atoms with Crippen molar-refractivity contribution in [3.05, 3.63) is 28.2 Å². The number of hydrogen-bond donors (Lipinski definition) is 2. The van der Waals surface area contributed by atoms with E-state index in [4.69, 9.17) is 5.73 Å². The molecule has 3 nitrogen and oxygen atoms in total. The number of benzene rings is 1. The summed E-state index contributed by atoms with van der Waals surface area (Å²) in [5, 5.41) is 9.59. The lowest BCUT2D eigenvalue weighted by atomic mass is 9.69. The van der Waals surface area contributed by atoms with Crippen LogP contribution in [0.25, 0.3) is 0 Å². The Morgan fingerprint density at radius 2 is 1.94 bits per heavy atom. The van der Waals surface area contributed by atoms with Crippen molar-refractivity contribution in [3.63, 3.8) is 0 Å².